The fraction of sp³-hybridized carbons (Fsp3) is 0.929. The lowest BCUT2D eigenvalue weighted by molar-refractivity contribution is -0.139. The Morgan fingerprint density at radius 1 is 1.47 bits per heavy atom. The molecule has 1 rings (SSSR count). The van der Waals surface area contributed by atoms with Crippen molar-refractivity contribution in [1.29, 1.82) is 0 Å². The first-order valence-electron chi connectivity index (χ1n) is 7.44. The molecule has 0 aromatic heterocycles. The summed E-state index contributed by atoms with van der Waals surface area (Å²) in [6.45, 7) is 4.97. The third-order valence-corrected chi connectivity index (χ3v) is 4.02. The van der Waals surface area contributed by atoms with E-state index in [1.54, 1.807) is 0 Å². The van der Waals surface area contributed by atoms with Gasteiger partial charge in [-0.05, 0) is 39.4 Å². The first-order valence-corrected chi connectivity index (χ1v) is 7.44. The van der Waals surface area contributed by atoms with E-state index in [1.165, 1.54) is 0 Å². The van der Waals surface area contributed by atoms with Crippen LogP contribution >= 0.6 is 0 Å². The normalized spacial score (nSPS) is 19.4. The monoisotopic (exact) mass is 271 g/mol. The van der Waals surface area contributed by atoms with E-state index < -0.39 is 0 Å². The average Bonchev–Trinajstić information content (AvgIpc) is 2.42. The summed E-state index contributed by atoms with van der Waals surface area (Å²) in [7, 11) is 2.11. The van der Waals surface area contributed by atoms with Crippen LogP contribution in [0.15, 0.2) is 0 Å². The summed E-state index contributed by atoms with van der Waals surface area (Å²) in [6.07, 6.45) is 3.79. The summed E-state index contributed by atoms with van der Waals surface area (Å²) in [5.41, 5.74) is 5.73. The zero-order valence-electron chi connectivity index (χ0n) is 12.3. The van der Waals surface area contributed by atoms with Crippen LogP contribution in [0.25, 0.3) is 0 Å². The van der Waals surface area contributed by atoms with Gasteiger partial charge in [0.15, 0.2) is 0 Å². The predicted octanol–water partition coefficient (Wildman–Crippen LogP) is 0.277. The number of amides is 1. The lowest BCUT2D eigenvalue weighted by Gasteiger charge is -2.38. The fourth-order valence-electron chi connectivity index (χ4n) is 2.81. The van der Waals surface area contributed by atoms with Crippen LogP contribution in [0.1, 0.15) is 32.6 Å². The van der Waals surface area contributed by atoms with E-state index >= 15 is 0 Å². The molecule has 1 saturated heterocycles. The minimum Gasteiger partial charge on any atom is -0.395 e. The van der Waals surface area contributed by atoms with Gasteiger partial charge in [-0.2, -0.15) is 0 Å². The van der Waals surface area contributed by atoms with Crippen molar-refractivity contribution in [2.24, 2.45) is 11.7 Å². The Bertz CT molecular complexity index is 265. The Morgan fingerprint density at radius 3 is 2.58 bits per heavy atom. The second kappa shape index (κ2) is 8.51. The first-order chi connectivity index (χ1) is 9.13. The number of carbonyl (C=O) groups is 1. The number of piperidine rings is 1. The molecule has 0 spiro atoms. The zero-order chi connectivity index (χ0) is 14.3. The van der Waals surface area contributed by atoms with Gasteiger partial charge in [0.25, 0.3) is 0 Å². The van der Waals surface area contributed by atoms with Crippen molar-refractivity contribution in [1.82, 2.24) is 9.80 Å². The minimum atomic E-state index is -0.0868. The van der Waals surface area contributed by atoms with Gasteiger partial charge in [0.1, 0.15) is 0 Å². The Morgan fingerprint density at radius 2 is 2.11 bits per heavy atom. The third-order valence-electron chi connectivity index (χ3n) is 4.02. The van der Waals surface area contributed by atoms with Crippen LogP contribution in [0.5, 0.6) is 0 Å². The molecule has 1 aliphatic heterocycles. The van der Waals surface area contributed by atoms with E-state index in [-0.39, 0.29) is 24.5 Å². The molecule has 1 unspecified atom stereocenters. The van der Waals surface area contributed by atoms with Crippen LogP contribution in [0.3, 0.4) is 0 Å². The number of hydrogen-bond donors (Lipinski definition) is 2. The van der Waals surface area contributed by atoms with Gasteiger partial charge in [-0.1, -0.05) is 13.3 Å². The maximum Gasteiger partial charge on any atom is 0.227 e. The quantitative estimate of drug-likeness (QED) is 0.697. The van der Waals surface area contributed by atoms with Crippen LogP contribution in [-0.2, 0) is 4.79 Å². The number of likely N-dealkylation sites (tertiary alicyclic amines) is 1. The topological polar surface area (TPSA) is 69.8 Å². The van der Waals surface area contributed by atoms with E-state index in [0.29, 0.717) is 13.1 Å². The highest BCUT2D eigenvalue weighted by Gasteiger charge is 2.30. The second-order valence-corrected chi connectivity index (χ2v) is 5.51. The van der Waals surface area contributed by atoms with Crippen LogP contribution in [0, 0.1) is 5.92 Å². The van der Waals surface area contributed by atoms with Crippen molar-refractivity contribution in [2.75, 3.05) is 39.8 Å². The highest BCUT2D eigenvalue weighted by molar-refractivity contribution is 5.79. The SMILES string of the molecule is CCCC(CN)C(=O)N(CCO)C1CCN(C)CC1. The van der Waals surface area contributed by atoms with Gasteiger partial charge in [-0.3, -0.25) is 4.79 Å². The largest absolute Gasteiger partial charge is 0.395 e. The van der Waals surface area contributed by atoms with Gasteiger partial charge < -0.3 is 20.6 Å². The summed E-state index contributed by atoms with van der Waals surface area (Å²) in [6, 6.07) is 0.266. The molecule has 5 heteroatoms. The van der Waals surface area contributed by atoms with E-state index in [4.69, 9.17) is 5.73 Å². The molecule has 1 aliphatic rings. The molecule has 19 heavy (non-hydrogen) atoms. The van der Waals surface area contributed by atoms with Crippen molar-refractivity contribution in [2.45, 2.75) is 38.6 Å². The summed E-state index contributed by atoms with van der Waals surface area (Å²) in [5, 5.41) is 9.22. The standard InChI is InChI=1S/C14H29N3O2/c1-3-4-12(11-15)14(19)17(9-10-18)13-5-7-16(2)8-6-13/h12-13,18H,3-11,15H2,1-2H3. The number of aliphatic hydroxyl groups excluding tert-OH is 1. The molecular weight excluding hydrogens is 242 g/mol. The summed E-state index contributed by atoms with van der Waals surface area (Å²) >= 11 is 0. The number of rotatable bonds is 7. The molecule has 0 bridgehead atoms. The lowest BCUT2D eigenvalue weighted by Crippen LogP contribution is -2.50. The van der Waals surface area contributed by atoms with Gasteiger partial charge in [0.05, 0.1) is 12.5 Å². The van der Waals surface area contributed by atoms with Crippen molar-refractivity contribution in [3.05, 3.63) is 0 Å². The molecule has 0 radical (unpaired) electrons. The summed E-state index contributed by atoms with van der Waals surface area (Å²) in [4.78, 5) is 16.7. The molecule has 1 heterocycles. The average molecular weight is 271 g/mol. The molecule has 1 amide bonds. The smallest absolute Gasteiger partial charge is 0.227 e. The Hall–Kier alpha value is -0.650. The van der Waals surface area contributed by atoms with Crippen LogP contribution < -0.4 is 5.73 Å². The number of aliphatic hydroxyl groups is 1. The second-order valence-electron chi connectivity index (χ2n) is 5.51. The van der Waals surface area contributed by atoms with Crippen molar-refractivity contribution >= 4 is 5.91 Å². The summed E-state index contributed by atoms with van der Waals surface area (Å²) in [5.74, 6) is 0.0455. The first kappa shape index (κ1) is 16.4. The zero-order valence-corrected chi connectivity index (χ0v) is 12.3. The Balaban J connectivity index is 2.66. The molecule has 1 atom stereocenters. The number of nitrogens with zero attached hydrogens (tertiary/aromatic N) is 2. The van der Waals surface area contributed by atoms with Crippen molar-refractivity contribution in [3.63, 3.8) is 0 Å². The van der Waals surface area contributed by atoms with E-state index in [9.17, 15) is 9.90 Å². The van der Waals surface area contributed by atoms with E-state index in [0.717, 1.165) is 38.8 Å². The minimum absolute atomic E-state index is 0.0293. The maximum absolute atomic E-state index is 12.6. The molecule has 0 aliphatic carbocycles. The summed E-state index contributed by atoms with van der Waals surface area (Å²) < 4.78 is 0. The van der Waals surface area contributed by atoms with Gasteiger partial charge in [0.2, 0.25) is 5.91 Å². The molecule has 0 saturated carbocycles. The van der Waals surface area contributed by atoms with Gasteiger partial charge in [-0.15, -0.1) is 0 Å². The van der Waals surface area contributed by atoms with Crippen LogP contribution in [-0.4, -0.2) is 66.7 Å². The predicted molar refractivity (Wildman–Crippen MR) is 76.8 cm³/mol. The molecular formula is C14H29N3O2. The number of hydrogen-bond acceptors (Lipinski definition) is 4. The van der Waals surface area contributed by atoms with E-state index in [2.05, 4.69) is 18.9 Å². The molecule has 5 nitrogen and oxygen atoms in total. The lowest BCUT2D eigenvalue weighted by atomic mass is 9.98. The molecule has 112 valence electrons. The third kappa shape index (κ3) is 4.75. The molecule has 1 fully saturated rings. The van der Waals surface area contributed by atoms with Crippen molar-refractivity contribution in [3.8, 4) is 0 Å². The molecule has 0 aromatic carbocycles. The van der Waals surface area contributed by atoms with Crippen molar-refractivity contribution < 1.29 is 9.90 Å². The maximum atomic E-state index is 12.6. The molecule has 0 aromatic rings. The number of carbonyl (C=O) groups excluding carboxylic acids is 1. The van der Waals surface area contributed by atoms with Gasteiger partial charge >= 0.3 is 0 Å². The molecule has 3 N–H and O–H groups in total. The van der Waals surface area contributed by atoms with Crippen LogP contribution in [0.2, 0.25) is 0 Å². The fourth-order valence-corrected chi connectivity index (χ4v) is 2.81. The Kier molecular flexibility index (Phi) is 7.34. The van der Waals surface area contributed by atoms with Gasteiger partial charge in [0, 0.05) is 19.1 Å². The number of nitrogens with two attached hydrogens (primary N) is 1. The van der Waals surface area contributed by atoms with Gasteiger partial charge in [-0.25, -0.2) is 0 Å². The van der Waals surface area contributed by atoms with E-state index in [1.807, 2.05) is 4.90 Å². The van der Waals surface area contributed by atoms with Crippen LogP contribution in [0.4, 0.5) is 0 Å². The highest BCUT2D eigenvalue weighted by Crippen LogP contribution is 2.19. The Labute approximate surface area is 116 Å². The highest BCUT2D eigenvalue weighted by atomic mass is 16.3.